The van der Waals surface area contributed by atoms with Gasteiger partial charge in [0.25, 0.3) is 5.91 Å². The first kappa shape index (κ1) is 27.3. The van der Waals surface area contributed by atoms with Gasteiger partial charge in [-0.2, -0.15) is 0 Å². The quantitative estimate of drug-likeness (QED) is 0.423. The van der Waals surface area contributed by atoms with Crippen LogP contribution < -0.4 is 4.90 Å². The van der Waals surface area contributed by atoms with E-state index >= 15 is 0 Å². The van der Waals surface area contributed by atoms with Gasteiger partial charge in [-0.25, -0.2) is 9.07 Å². The molecule has 1 aromatic heterocycles. The number of carbonyl (C=O) groups is 2. The van der Waals surface area contributed by atoms with Gasteiger partial charge in [0.15, 0.2) is 17.3 Å². The summed E-state index contributed by atoms with van der Waals surface area (Å²) in [6.07, 6.45) is 5.25. The summed E-state index contributed by atoms with van der Waals surface area (Å²) in [6.45, 7) is 4.26. The van der Waals surface area contributed by atoms with Crippen LogP contribution in [-0.4, -0.2) is 76.3 Å². The average molecular weight is 553 g/mol. The fraction of sp³-hybridized carbons (Fsp3) is 0.448. The van der Waals surface area contributed by atoms with Crippen LogP contribution >= 0.6 is 11.6 Å². The molecule has 0 spiro atoms. The number of benzene rings is 2. The van der Waals surface area contributed by atoms with Crippen molar-refractivity contribution in [3.63, 3.8) is 0 Å². The highest BCUT2D eigenvalue weighted by Gasteiger charge is 2.38. The summed E-state index contributed by atoms with van der Waals surface area (Å²) in [4.78, 5) is 33.5. The highest BCUT2D eigenvalue weighted by molar-refractivity contribution is 6.30. The van der Waals surface area contributed by atoms with Crippen molar-refractivity contribution in [1.29, 1.82) is 0 Å². The van der Waals surface area contributed by atoms with Crippen LogP contribution in [0.1, 0.15) is 60.3 Å². The van der Waals surface area contributed by atoms with Gasteiger partial charge >= 0.3 is 0 Å². The lowest BCUT2D eigenvalue weighted by molar-refractivity contribution is -0.124. The van der Waals surface area contributed by atoms with Crippen LogP contribution in [0, 0.1) is 5.82 Å². The number of carbonyl (C=O) groups excluding carboxylic acids is 2. The second kappa shape index (κ2) is 11.4. The van der Waals surface area contributed by atoms with Crippen molar-refractivity contribution >= 4 is 29.0 Å². The second-order valence-electron chi connectivity index (χ2n) is 10.5. The van der Waals surface area contributed by atoms with E-state index in [0.717, 1.165) is 42.7 Å². The van der Waals surface area contributed by atoms with E-state index in [0.29, 0.717) is 31.8 Å². The maximum Gasteiger partial charge on any atom is 0.276 e. The van der Waals surface area contributed by atoms with Crippen molar-refractivity contribution in [3.8, 4) is 5.69 Å². The Kier molecular flexibility index (Phi) is 8.00. The van der Waals surface area contributed by atoms with E-state index in [9.17, 15) is 14.0 Å². The van der Waals surface area contributed by atoms with E-state index in [1.54, 1.807) is 11.0 Å². The number of halogens is 2. The molecule has 206 valence electrons. The van der Waals surface area contributed by atoms with Gasteiger partial charge in [-0.3, -0.25) is 9.59 Å². The number of fused-ring (bicyclic) bond motifs is 1. The Hall–Kier alpha value is -3.30. The lowest BCUT2D eigenvalue weighted by Crippen LogP contribution is -2.45. The molecule has 0 radical (unpaired) electrons. The average Bonchev–Trinajstić information content (AvgIpc) is 3.43. The molecule has 0 aliphatic carbocycles. The number of ketones is 1. The molecule has 5 rings (SSSR count). The van der Waals surface area contributed by atoms with Gasteiger partial charge in [0.05, 0.1) is 11.2 Å². The highest BCUT2D eigenvalue weighted by atomic mass is 35.5. The molecule has 2 aliphatic rings. The first-order valence-corrected chi connectivity index (χ1v) is 13.9. The Morgan fingerprint density at radius 3 is 2.51 bits per heavy atom. The number of piperidine rings is 1. The number of anilines is 1. The first-order chi connectivity index (χ1) is 18.8. The van der Waals surface area contributed by atoms with Crippen LogP contribution in [0.15, 0.2) is 42.6 Å². The molecular formula is C29H34ClFN6O2. The Balaban J connectivity index is 1.45. The summed E-state index contributed by atoms with van der Waals surface area (Å²) in [5.74, 6) is -1.04. The third kappa shape index (κ3) is 5.30. The fourth-order valence-corrected chi connectivity index (χ4v) is 5.98. The number of Topliss-reactive ketones (excluding diaryl/α,β-unsaturated/α-hetero) is 1. The second-order valence-corrected chi connectivity index (χ2v) is 10.9. The topological polar surface area (TPSA) is 74.6 Å². The normalized spacial score (nSPS) is 17.9. The molecule has 1 fully saturated rings. The molecule has 2 aromatic carbocycles. The Morgan fingerprint density at radius 1 is 1.08 bits per heavy atom. The lowest BCUT2D eigenvalue weighted by Gasteiger charge is -2.41. The van der Waals surface area contributed by atoms with E-state index in [-0.39, 0.29) is 22.2 Å². The summed E-state index contributed by atoms with van der Waals surface area (Å²) in [6, 6.07) is 10.5. The SMILES string of the molecule is CCCC(=O)C1c2cccc(N3CCC(N(C)C)CC3)c2CCN1C(=O)c1cn(-c2cccc(Cl)c2F)nn1. The zero-order chi connectivity index (χ0) is 27.7. The molecule has 1 saturated heterocycles. The first-order valence-electron chi connectivity index (χ1n) is 13.5. The van der Waals surface area contributed by atoms with Crippen molar-refractivity contribution in [3.05, 3.63) is 70.3 Å². The molecular weight excluding hydrogens is 519 g/mol. The van der Waals surface area contributed by atoms with E-state index in [4.69, 9.17) is 11.6 Å². The van der Waals surface area contributed by atoms with E-state index in [1.165, 1.54) is 23.0 Å². The van der Waals surface area contributed by atoms with Gasteiger partial charge in [-0.15, -0.1) is 5.10 Å². The standard InChI is InChI=1S/C29H34ClFN6O2/c1-4-7-26(38)28-21-8-5-10-24(35-15-12-19(13-16-35)34(2)3)20(21)14-17-36(28)29(39)23-18-37(33-32-23)25-11-6-9-22(30)27(25)31/h5-6,8-11,18-19,28H,4,7,12-17H2,1-3H3. The van der Waals surface area contributed by atoms with Crippen molar-refractivity contribution in [2.24, 2.45) is 0 Å². The van der Waals surface area contributed by atoms with Crippen LogP contribution in [0.3, 0.4) is 0 Å². The largest absolute Gasteiger partial charge is 0.371 e. The highest BCUT2D eigenvalue weighted by Crippen LogP contribution is 2.38. The van der Waals surface area contributed by atoms with E-state index in [1.807, 2.05) is 19.1 Å². The predicted molar refractivity (Wildman–Crippen MR) is 149 cm³/mol. The van der Waals surface area contributed by atoms with Crippen LogP contribution in [0.5, 0.6) is 0 Å². The van der Waals surface area contributed by atoms with Gasteiger partial charge in [0, 0.05) is 37.8 Å². The van der Waals surface area contributed by atoms with Crippen LogP contribution in [0.4, 0.5) is 10.1 Å². The molecule has 8 nitrogen and oxygen atoms in total. The van der Waals surface area contributed by atoms with Crippen molar-refractivity contribution in [1.82, 2.24) is 24.8 Å². The Bertz CT molecular complexity index is 1370. The van der Waals surface area contributed by atoms with Crippen molar-refractivity contribution < 1.29 is 14.0 Å². The molecule has 3 aromatic rings. The molecule has 39 heavy (non-hydrogen) atoms. The summed E-state index contributed by atoms with van der Waals surface area (Å²) in [5, 5.41) is 7.96. The maximum absolute atomic E-state index is 14.6. The summed E-state index contributed by atoms with van der Waals surface area (Å²) >= 11 is 5.92. The predicted octanol–water partition coefficient (Wildman–Crippen LogP) is 4.70. The molecule has 0 bridgehead atoms. The van der Waals surface area contributed by atoms with Crippen molar-refractivity contribution in [2.75, 3.05) is 38.6 Å². The van der Waals surface area contributed by atoms with Gasteiger partial charge in [-0.05, 0) is 69.1 Å². The Labute approximate surface area is 233 Å². The summed E-state index contributed by atoms with van der Waals surface area (Å²) in [7, 11) is 4.26. The minimum absolute atomic E-state index is 0.00328. The number of rotatable bonds is 7. The summed E-state index contributed by atoms with van der Waals surface area (Å²) in [5.41, 5.74) is 3.33. The minimum atomic E-state index is -0.700. The zero-order valence-corrected chi connectivity index (χ0v) is 23.4. The molecule has 3 heterocycles. The molecule has 1 atom stereocenters. The number of nitrogens with zero attached hydrogens (tertiary/aromatic N) is 6. The smallest absolute Gasteiger partial charge is 0.276 e. The molecule has 1 amide bonds. The number of hydrogen-bond donors (Lipinski definition) is 0. The number of aromatic nitrogens is 3. The molecule has 0 N–H and O–H groups in total. The van der Waals surface area contributed by atoms with E-state index < -0.39 is 17.8 Å². The van der Waals surface area contributed by atoms with Gasteiger partial charge in [0.2, 0.25) is 0 Å². The van der Waals surface area contributed by atoms with Gasteiger partial charge < -0.3 is 14.7 Å². The Morgan fingerprint density at radius 2 is 1.79 bits per heavy atom. The molecule has 0 saturated carbocycles. The van der Waals surface area contributed by atoms with Gasteiger partial charge in [-0.1, -0.05) is 41.9 Å². The van der Waals surface area contributed by atoms with Crippen LogP contribution in [0.25, 0.3) is 5.69 Å². The number of hydrogen-bond acceptors (Lipinski definition) is 6. The molecule has 2 aliphatic heterocycles. The van der Waals surface area contributed by atoms with Crippen molar-refractivity contribution in [2.45, 2.75) is 51.1 Å². The monoisotopic (exact) mass is 552 g/mol. The molecule has 10 heteroatoms. The van der Waals surface area contributed by atoms with Gasteiger partial charge in [0.1, 0.15) is 11.7 Å². The zero-order valence-electron chi connectivity index (χ0n) is 22.6. The lowest BCUT2D eigenvalue weighted by atomic mass is 9.86. The minimum Gasteiger partial charge on any atom is -0.371 e. The number of amides is 1. The third-order valence-electron chi connectivity index (χ3n) is 7.88. The third-order valence-corrected chi connectivity index (χ3v) is 8.18. The summed E-state index contributed by atoms with van der Waals surface area (Å²) < 4.78 is 15.8. The molecule has 1 unspecified atom stereocenters. The van der Waals surface area contributed by atoms with E-state index in [2.05, 4.69) is 40.3 Å². The maximum atomic E-state index is 14.6. The van der Waals surface area contributed by atoms with Crippen LogP contribution in [0.2, 0.25) is 5.02 Å². The fourth-order valence-electron chi connectivity index (χ4n) is 5.81. The van der Waals surface area contributed by atoms with Crippen LogP contribution in [-0.2, 0) is 11.2 Å².